The Morgan fingerprint density at radius 3 is 2.70 bits per heavy atom. The fourth-order valence-electron chi connectivity index (χ4n) is 5.46. The van der Waals surface area contributed by atoms with Gasteiger partial charge in [-0.2, -0.15) is 15.3 Å². The Hall–Kier alpha value is -5.47. The number of fused-ring (bicyclic) bond motifs is 1. The Labute approximate surface area is 244 Å². The minimum Gasteiger partial charge on any atom is -0.364 e. The second-order valence-electron chi connectivity index (χ2n) is 10.5. The van der Waals surface area contributed by atoms with Gasteiger partial charge in [-0.15, -0.1) is 0 Å². The first-order valence-electron chi connectivity index (χ1n) is 13.5. The molecule has 3 unspecified atom stereocenters. The van der Waals surface area contributed by atoms with E-state index in [1.54, 1.807) is 47.6 Å². The number of benzene rings is 1. The number of rotatable bonds is 7. The van der Waals surface area contributed by atoms with Crippen molar-refractivity contribution in [3.05, 3.63) is 60.7 Å². The molecule has 3 aromatic heterocycles. The predicted octanol–water partition coefficient (Wildman–Crippen LogP) is 1.19. The number of carbonyl (C=O) groups is 4. The number of alkyl halides is 1. The predicted molar refractivity (Wildman–Crippen MR) is 152 cm³/mol. The molecule has 43 heavy (non-hydrogen) atoms. The number of nitrogens with one attached hydrogen (secondary N) is 2. The Kier molecular flexibility index (Phi) is 7.13. The highest BCUT2D eigenvalue weighted by molar-refractivity contribution is 6.05. The van der Waals surface area contributed by atoms with E-state index in [9.17, 15) is 23.6 Å². The lowest BCUT2D eigenvalue weighted by Crippen LogP contribution is -2.45. The van der Waals surface area contributed by atoms with E-state index in [4.69, 9.17) is 5.73 Å². The maximum absolute atomic E-state index is 14.7. The average Bonchev–Trinajstić information content (AvgIpc) is 3.67. The number of likely N-dealkylation sites (tertiary alicyclic amines) is 1. The first-order valence-corrected chi connectivity index (χ1v) is 13.5. The molecule has 220 valence electrons. The van der Waals surface area contributed by atoms with Crippen molar-refractivity contribution in [3.63, 3.8) is 0 Å². The smallest absolute Gasteiger partial charge is 0.269 e. The van der Waals surface area contributed by atoms with Crippen molar-refractivity contribution in [2.75, 3.05) is 16.9 Å². The second-order valence-corrected chi connectivity index (χ2v) is 10.5. The molecule has 2 fully saturated rings. The molecule has 0 aliphatic carbocycles. The molecule has 0 saturated carbocycles. The van der Waals surface area contributed by atoms with Crippen LogP contribution in [-0.4, -0.2) is 78.3 Å². The number of primary amides is 1. The molecule has 2 aliphatic rings. The van der Waals surface area contributed by atoms with Gasteiger partial charge in [-0.3, -0.25) is 34.3 Å². The minimum absolute atomic E-state index is 0.0295. The van der Waals surface area contributed by atoms with E-state index >= 15 is 0 Å². The number of amides is 4. The molecule has 1 aromatic carbocycles. The van der Waals surface area contributed by atoms with Crippen LogP contribution in [-0.2, 0) is 20.9 Å². The van der Waals surface area contributed by atoms with Crippen LogP contribution in [0.5, 0.6) is 0 Å². The number of hydrazine groups is 1. The Morgan fingerprint density at radius 1 is 1.14 bits per heavy atom. The van der Waals surface area contributed by atoms with Gasteiger partial charge in [0.2, 0.25) is 17.7 Å². The monoisotopic (exact) mass is 586 g/mol. The summed E-state index contributed by atoms with van der Waals surface area (Å²) < 4.78 is 16.0. The maximum atomic E-state index is 14.7. The van der Waals surface area contributed by atoms with E-state index in [0.717, 1.165) is 11.1 Å². The van der Waals surface area contributed by atoms with Crippen molar-refractivity contribution < 1.29 is 23.6 Å². The molecule has 2 aliphatic heterocycles. The fraction of sp³-hybridized carbons (Fsp3) is 0.286. The van der Waals surface area contributed by atoms with Crippen LogP contribution < -0.4 is 21.5 Å². The van der Waals surface area contributed by atoms with Crippen LogP contribution in [0.25, 0.3) is 22.0 Å². The summed E-state index contributed by atoms with van der Waals surface area (Å²) >= 11 is 0. The first-order chi connectivity index (χ1) is 20.7. The van der Waals surface area contributed by atoms with Gasteiger partial charge in [-0.1, -0.05) is 6.07 Å². The Morgan fingerprint density at radius 2 is 1.98 bits per heavy atom. The van der Waals surface area contributed by atoms with Crippen LogP contribution in [0.3, 0.4) is 0 Å². The third-order valence-electron chi connectivity index (χ3n) is 7.50. The number of aromatic nitrogens is 5. The van der Waals surface area contributed by atoms with Crippen molar-refractivity contribution >= 4 is 46.0 Å². The van der Waals surface area contributed by atoms with E-state index in [0.29, 0.717) is 22.4 Å². The molecule has 2 saturated heterocycles. The molecule has 0 bridgehead atoms. The number of nitrogens with two attached hydrogens (primary N) is 1. The molecular formula is C28H27FN10O4. The summed E-state index contributed by atoms with van der Waals surface area (Å²) in [6, 6.07) is 8.88. The first kappa shape index (κ1) is 27.7. The van der Waals surface area contributed by atoms with E-state index < -0.39 is 29.9 Å². The quantitative estimate of drug-likeness (QED) is 0.287. The SMILES string of the molecule is CC1CC(=O)NN1c1ncccc1NC(=O)C1CC(F)CN1C(=O)Cn1nc(C(N)=O)c2cc(-c3ccnnc3)ccc21. The van der Waals surface area contributed by atoms with Crippen molar-refractivity contribution in [1.29, 1.82) is 0 Å². The third kappa shape index (κ3) is 5.31. The van der Waals surface area contributed by atoms with Crippen LogP contribution in [0.2, 0.25) is 0 Å². The number of anilines is 2. The van der Waals surface area contributed by atoms with Crippen molar-refractivity contribution in [2.45, 2.75) is 44.6 Å². The summed E-state index contributed by atoms with van der Waals surface area (Å²) in [4.78, 5) is 56.5. The van der Waals surface area contributed by atoms with Gasteiger partial charge in [-0.25, -0.2) is 9.37 Å². The lowest BCUT2D eigenvalue weighted by atomic mass is 10.0. The molecule has 0 spiro atoms. The topological polar surface area (TPSA) is 181 Å². The van der Waals surface area contributed by atoms with Crippen molar-refractivity contribution in [3.8, 4) is 11.1 Å². The Bertz CT molecular complexity index is 1750. The normalized spacial score (nSPS) is 20.0. The molecule has 5 heterocycles. The summed E-state index contributed by atoms with van der Waals surface area (Å²) in [5.41, 5.74) is 10.5. The number of nitrogens with zero attached hydrogens (tertiary/aromatic N) is 7. The van der Waals surface area contributed by atoms with Gasteiger partial charge in [0.1, 0.15) is 18.8 Å². The number of halogens is 1. The number of pyridine rings is 1. The zero-order chi connectivity index (χ0) is 30.2. The number of hydrogen-bond acceptors (Lipinski definition) is 9. The van der Waals surface area contributed by atoms with E-state index in [-0.39, 0.29) is 43.6 Å². The Balaban J connectivity index is 1.24. The second kappa shape index (κ2) is 11.1. The summed E-state index contributed by atoms with van der Waals surface area (Å²) in [6.45, 7) is 1.20. The van der Waals surface area contributed by atoms with E-state index in [1.165, 1.54) is 22.0 Å². The summed E-state index contributed by atoms with van der Waals surface area (Å²) in [5, 5.41) is 16.7. The minimum atomic E-state index is -1.42. The van der Waals surface area contributed by atoms with Crippen LogP contribution in [0.15, 0.2) is 55.0 Å². The number of carbonyl (C=O) groups excluding carboxylic acids is 4. The molecule has 4 N–H and O–H groups in total. The third-order valence-corrected chi connectivity index (χ3v) is 7.50. The summed E-state index contributed by atoms with van der Waals surface area (Å²) in [5.74, 6) is -1.79. The van der Waals surface area contributed by atoms with Crippen LogP contribution >= 0.6 is 0 Å². The number of hydrogen-bond donors (Lipinski definition) is 3. The summed E-state index contributed by atoms with van der Waals surface area (Å²) in [6.07, 6.45) is 3.29. The van der Waals surface area contributed by atoms with Gasteiger partial charge in [0.15, 0.2) is 11.5 Å². The van der Waals surface area contributed by atoms with Crippen LogP contribution in [0.1, 0.15) is 30.3 Å². The molecule has 4 amide bonds. The lowest BCUT2D eigenvalue weighted by molar-refractivity contribution is -0.137. The van der Waals surface area contributed by atoms with E-state index in [2.05, 4.69) is 31.0 Å². The molecule has 0 radical (unpaired) electrons. The molecule has 15 heteroatoms. The summed E-state index contributed by atoms with van der Waals surface area (Å²) in [7, 11) is 0. The van der Waals surface area contributed by atoms with Gasteiger partial charge < -0.3 is 16.0 Å². The van der Waals surface area contributed by atoms with Gasteiger partial charge in [0.05, 0.1) is 42.6 Å². The molecule has 3 atom stereocenters. The highest BCUT2D eigenvalue weighted by atomic mass is 19.1. The van der Waals surface area contributed by atoms with E-state index in [1.807, 2.05) is 6.92 Å². The van der Waals surface area contributed by atoms with Crippen molar-refractivity contribution in [1.82, 2.24) is 35.3 Å². The highest BCUT2D eigenvalue weighted by Gasteiger charge is 2.40. The zero-order valence-corrected chi connectivity index (χ0v) is 23.0. The molecule has 14 nitrogen and oxygen atoms in total. The largest absolute Gasteiger partial charge is 0.364 e. The highest BCUT2D eigenvalue weighted by Crippen LogP contribution is 2.30. The standard InChI is InChI=1S/C28H27FN10O4/c1-15-9-23(40)35-39(15)27-20(3-2-7-31-27)34-28(43)22-11-18(29)13-37(22)24(41)14-38-21-5-4-16(17-6-8-32-33-12-17)10-19(21)25(36-38)26(30)42/h2-8,10,12,15,18,22H,9,11,13-14H2,1H3,(H2,30,42)(H,34,43)(H,35,40). The molecule has 6 rings (SSSR count). The van der Waals surface area contributed by atoms with Gasteiger partial charge in [0.25, 0.3) is 5.91 Å². The van der Waals surface area contributed by atoms with Gasteiger partial charge in [-0.05, 0) is 42.8 Å². The average molecular weight is 587 g/mol. The van der Waals surface area contributed by atoms with Gasteiger partial charge >= 0.3 is 0 Å². The van der Waals surface area contributed by atoms with Crippen LogP contribution in [0.4, 0.5) is 15.9 Å². The molecular weight excluding hydrogens is 559 g/mol. The maximum Gasteiger partial charge on any atom is 0.269 e. The molecule has 4 aromatic rings. The zero-order valence-electron chi connectivity index (χ0n) is 23.0. The van der Waals surface area contributed by atoms with Crippen LogP contribution in [0, 0.1) is 0 Å². The lowest BCUT2D eigenvalue weighted by Gasteiger charge is -2.26. The van der Waals surface area contributed by atoms with Crippen molar-refractivity contribution in [2.24, 2.45) is 5.73 Å². The fourth-order valence-corrected chi connectivity index (χ4v) is 5.46. The van der Waals surface area contributed by atoms with Gasteiger partial charge in [0, 0.05) is 23.6 Å².